The summed E-state index contributed by atoms with van der Waals surface area (Å²) >= 11 is 0. The van der Waals surface area contributed by atoms with Crippen molar-refractivity contribution >= 4 is 11.7 Å². The Balaban J connectivity index is 1.78. The largest absolute Gasteiger partial charge is 0.508 e. The van der Waals surface area contributed by atoms with E-state index in [-0.39, 0.29) is 18.1 Å². The highest BCUT2D eigenvalue weighted by Crippen LogP contribution is 2.15. The number of benzene rings is 2. The van der Waals surface area contributed by atoms with E-state index in [0.29, 0.717) is 17.9 Å². The Morgan fingerprint density at radius 1 is 1.00 bits per heavy atom. The minimum atomic E-state index is -0.622. The molecular formula is C17H17NO5. The first-order valence-corrected chi connectivity index (χ1v) is 6.96. The van der Waals surface area contributed by atoms with Gasteiger partial charge in [0.2, 0.25) is 0 Å². The van der Waals surface area contributed by atoms with Gasteiger partial charge in [0.15, 0.2) is 6.61 Å². The van der Waals surface area contributed by atoms with Gasteiger partial charge in [0, 0.05) is 6.42 Å². The molecule has 0 aliphatic carbocycles. The van der Waals surface area contributed by atoms with Gasteiger partial charge in [0.25, 0.3) is 0 Å². The summed E-state index contributed by atoms with van der Waals surface area (Å²) in [6.07, 6.45) is 0.506. The maximum Gasteiger partial charge on any atom is 0.372 e. The fourth-order valence-corrected chi connectivity index (χ4v) is 1.78. The van der Waals surface area contributed by atoms with Crippen molar-refractivity contribution in [2.45, 2.75) is 13.3 Å². The molecule has 6 heteroatoms. The summed E-state index contributed by atoms with van der Waals surface area (Å²) in [7, 11) is 0. The second-order valence-corrected chi connectivity index (χ2v) is 4.92. The number of ether oxygens (including phenoxy) is 1. The normalized spacial score (nSPS) is 11.1. The highest BCUT2D eigenvalue weighted by Gasteiger charge is 2.05. The van der Waals surface area contributed by atoms with Crippen molar-refractivity contribution in [3.63, 3.8) is 0 Å². The first-order valence-electron chi connectivity index (χ1n) is 6.96. The second kappa shape index (κ2) is 7.84. The van der Waals surface area contributed by atoms with Gasteiger partial charge in [0.05, 0.1) is 5.71 Å². The molecule has 2 aromatic carbocycles. The number of aromatic hydroxyl groups is 2. The van der Waals surface area contributed by atoms with E-state index < -0.39 is 5.97 Å². The molecule has 0 amide bonds. The monoisotopic (exact) mass is 315 g/mol. The van der Waals surface area contributed by atoms with Gasteiger partial charge in [-0.2, -0.15) is 0 Å². The molecule has 0 spiro atoms. The fraction of sp³-hybridized carbons (Fsp3) is 0.176. The predicted molar refractivity (Wildman–Crippen MR) is 84.6 cm³/mol. The quantitative estimate of drug-likeness (QED) is 0.486. The zero-order valence-corrected chi connectivity index (χ0v) is 12.6. The van der Waals surface area contributed by atoms with Crippen LogP contribution in [0.2, 0.25) is 0 Å². The maximum absolute atomic E-state index is 11.5. The average Bonchev–Trinajstić information content (AvgIpc) is 2.54. The molecule has 6 nitrogen and oxygen atoms in total. The van der Waals surface area contributed by atoms with Gasteiger partial charge >= 0.3 is 5.97 Å². The van der Waals surface area contributed by atoms with Gasteiger partial charge in [-0.15, -0.1) is 0 Å². The molecule has 0 bridgehead atoms. The smallest absolute Gasteiger partial charge is 0.372 e. The summed E-state index contributed by atoms with van der Waals surface area (Å²) < 4.78 is 5.20. The molecule has 0 aliphatic heterocycles. The van der Waals surface area contributed by atoms with Crippen molar-refractivity contribution in [3.8, 4) is 17.2 Å². The lowest BCUT2D eigenvalue weighted by atomic mass is 10.1. The Labute approximate surface area is 133 Å². The van der Waals surface area contributed by atoms with Crippen LogP contribution in [0, 0.1) is 0 Å². The van der Waals surface area contributed by atoms with Crippen molar-refractivity contribution in [3.05, 3.63) is 54.1 Å². The van der Waals surface area contributed by atoms with Gasteiger partial charge in [-0.3, -0.25) is 0 Å². The van der Waals surface area contributed by atoms with Crippen molar-refractivity contribution in [1.29, 1.82) is 0 Å². The number of oxime groups is 1. The first-order chi connectivity index (χ1) is 11.0. The molecule has 0 saturated carbocycles. The molecule has 0 radical (unpaired) electrons. The zero-order chi connectivity index (χ0) is 16.7. The molecule has 2 rings (SSSR count). The van der Waals surface area contributed by atoms with Gasteiger partial charge in [0.1, 0.15) is 17.2 Å². The van der Waals surface area contributed by atoms with E-state index in [4.69, 9.17) is 14.7 Å². The highest BCUT2D eigenvalue weighted by atomic mass is 16.7. The summed E-state index contributed by atoms with van der Waals surface area (Å²) in [5, 5.41) is 22.1. The molecule has 0 unspecified atom stereocenters. The molecule has 2 N–H and O–H groups in total. The van der Waals surface area contributed by atoms with Crippen molar-refractivity contribution in [2.75, 3.05) is 6.61 Å². The van der Waals surface area contributed by atoms with Crippen LogP contribution in [-0.4, -0.2) is 28.5 Å². The van der Waals surface area contributed by atoms with Crippen molar-refractivity contribution < 1.29 is 24.6 Å². The minimum Gasteiger partial charge on any atom is -0.508 e. The Kier molecular flexibility index (Phi) is 5.57. The highest BCUT2D eigenvalue weighted by molar-refractivity contribution is 5.84. The van der Waals surface area contributed by atoms with E-state index in [2.05, 4.69) is 5.16 Å². The number of carbonyl (C=O) groups excluding carboxylic acids is 1. The Hall–Kier alpha value is -3.02. The lowest BCUT2D eigenvalue weighted by Crippen LogP contribution is -2.13. The van der Waals surface area contributed by atoms with Gasteiger partial charge < -0.3 is 19.8 Å². The maximum atomic E-state index is 11.5. The van der Waals surface area contributed by atoms with E-state index in [9.17, 15) is 9.90 Å². The van der Waals surface area contributed by atoms with E-state index in [1.54, 1.807) is 43.3 Å². The number of rotatable bonds is 6. The molecule has 0 heterocycles. The van der Waals surface area contributed by atoms with Crippen LogP contribution in [-0.2, 0) is 16.1 Å². The first kappa shape index (κ1) is 16.4. The van der Waals surface area contributed by atoms with Crippen LogP contribution < -0.4 is 4.74 Å². The number of carbonyl (C=O) groups is 1. The molecule has 0 aliphatic rings. The van der Waals surface area contributed by atoms with Crippen LogP contribution in [0.15, 0.2) is 53.7 Å². The third kappa shape index (κ3) is 5.70. The molecule has 23 heavy (non-hydrogen) atoms. The van der Waals surface area contributed by atoms with Gasteiger partial charge in [-0.05, 0) is 48.9 Å². The third-order valence-electron chi connectivity index (χ3n) is 2.89. The third-order valence-corrected chi connectivity index (χ3v) is 2.89. The Morgan fingerprint density at radius 3 is 2.17 bits per heavy atom. The number of hydrogen-bond donors (Lipinski definition) is 2. The summed E-state index contributed by atoms with van der Waals surface area (Å²) in [6.45, 7) is 1.46. The second-order valence-electron chi connectivity index (χ2n) is 4.92. The summed E-state index contributed by atoms with van der Waals surface area (Å²) in [5.74, 6) is 0.142. The molecule has 0 aromatic heterocycles. The molecule has 120 valence electrons. The van der Waals surface area contributed by atoms with Gasteiger partial charge in [-0.1, -0.05) is 17.3 Å². The fourth-order valence-electron chi connectivity index (χ4n) is 1.78. The van der Waals surface area contributed by atoms with Crippen LogP contribution >= 0.6 is 0 Å². The predicted octanol–water partition coefficient (Wildman–Crippen LogP) is 2.64. The van der Waals surface area contributed by atoms with Crippen molar-refractivity contribution in [1.82, 2.24) is 0 Å². The summed E-state index contributed by atoms with van der Waals surface area (Å²) in [4.78, 5) is 16.3. The van der Waals surface area contributed by atoms with E-state index in [1.165, 1.54) is 12.1 Å². The average molecular weight is 315 g/mol. The standard InChI is InChI=1S/C17H17NO5/c1-12(10-13-2-4-14(19)5-3-13)18-23-17(21)11-22-16-8-6-15(20)7-9-16/h2-9,19-20H,10-11H2,1H3/b18-12+. The van der Waals surface area contributed by atoms with Gasteiger partial charge in [-0.25, -0.2) is 4.79 Å². The van der Waals surface area contributed by atoms with Crippen molar-refractivity contribution in [2.24, 2.45) is 5.16 Å². The lowest BCUT2D eigenvalue weighted by molar-refractivity contribution is -0.146. The number of hydrogen-bond acceptors (Lipinski definition) is 6. The van der Waals surface area contributed by atoms with Crippen LogP contribution in [0.5, 0.6) is 17.2 Å². The number of phenols is 2. The molecule has 0 atom stereocenters. The van der Waals surface area contributed by atoms with E-state index in [1.807, 2.05) is 0 Å². The molecular weight excluding hydrogens is 298 g/mol. The molecule has 2 aromatic rings. The Bertz CT molecular complexity index is 677. The van der Waals surface area contributed by atoms with Crippen LogP contribution in [0.1, 0.15) is 12.5 Å². The topological polar surface area (TPSA) is 88.4 Å². The summed E-state index contributed by atoms with van der Waals surface area (Å²) in [6, 6.07) is 12.7. The zero-order valence-electron chi connectivity index (χ0n) is 12.6. The number of phenolic OH excluding ortho intramolecular Hbond substituents is 2. The van der Waals surface area contributed by atoms with Crippen LogP contribution in [0.3, 0.4) is 0 Å². The van der Waals surface area contributed by atoms with Crippen LogP contribution in [0.25, 0.3) is 0 Å². The molecule has 0 saturated heterocycles. The Morgan fingerprint density at radius 2 is 1.57 bits per heavy atom. The molecule has 0 fully saturated rings. The van der Waals surface area contributed by atoms with E-state index in [0.717, 1.165) is 5.56 Å². The SMILES string of the molecule is C/C(Cc1ccc(O)cc1)=N\OC(=O)COc1ccc(O)cc1. The van der Waals surface area contributed by atoms with E-state index >= 15 is 0 Å². The lowest BCUT2D eigenvalue weighted by Gasteiger charge is -2.05. The van der Waals surface area contributed by atoms with Crippen LogP contribution in [0.4, 0.5) is 0 Å². The summed E-state index contributed by atoms with van der Waals surface area (Å²) in [5.41, 5.74) is 1.56. The minimum absolute atomic E-state index is 0.120. The number of nitrogens with zero attached hydrogens (tertiary/aromatic N) is 1.